The van der Waals surface area contributed by atoms with Gasteiger partial charge in [0.1, 0.15) is 0 Å². The number of aryl methyl sites for hydroxylation is 1. The van der Waals surface area contributed by atoms with Gasteiger partial charge in [-0.3, -0.25) is 9.69 Å². The molecule has 3 aromatic rings. The number of hydrogen-bond donors (Lipinski definition) is 3. The van der Waals surface area contributed by atoms with Gasteiger partial charge in [0.25, 0.3) is 0 Å². The Bertz CT molecular complexity index is 1170. The van der Waals surface area contributed by atoms with Crippen molar-refractivity contribution < 1.29 is 17.9 Å². The lowest BCUT2D eigenvalue weighted by atomic mass is 10.1. The number of nitrogens with zero attached hydrogens (tertiary/aromatic N) is 1. The van der Waals surface area contributed by atoms with Crippen molar-refractivity contribution in [2.24, 2.45) is 0 Å². The van der Waals surface area contributed by atoms with Crippen LogP contribution in [0, 0.1) is 0 Å². The first-order chi connectivity index (χ1) is 16.0. The number of hydrogen-bond acceptors (Lipinski definition) is 5. The van der Waals surface area contributed by atoms with Crippen molar-refractivity contribution in [3.05, 3.63) is 60.3 Å². The van der Waals surface area contributed by atoms with Gasteiger partial charge in [-0.1, -0.05) is 18.2 Å². The molecule has 0 atom stereocenters. The van der Waals surface area contributed by atoms with Gasteiger partial charge in [-0.25, -0.2) is 13.1 Å². The lowest BCUT2D eigenvalue weighted by Gasteiger charge is -2.26. The molecule has 1 fully saturated rings. The average molecular weight is 471 g/mol. The molecule has 0 spiro atoms. The third kappa shape index (κ3) is 6.42. The Hall–Kier alpha value is -2.72. The van der Waals surface area contributed by atoms with Crippen LogP contribution in [-0.4, -0.2) is 63.6 Å². The van der Waals surface area contributed by atoms with Crippen molar-refractivity contribution in [2.75, 3.05) is 44.7 Å². The van der Waals surface area contributed by atoms with E-state index >= 15 is 0 Å². The molecular weight excluding hydrogens is 440 g/mol. The zero-order valence-electron chi connectivity index (χ0n) is 18.5. The number of anilines is 1. The van der Waals surface area contributed by atoms with Gasteiger partial charge in [-0.2, -0.15) is 0 Å². The third-order valence-electron chi connectivity index (χ3n) is 5.79. The zero-order chi connectivity index (χ0) is 23.1. The molecule has 8 nitrogen and oxygen atoms in total. The minimum atomic E-state index is -3.58. The Morgan fingerprint density at radius 1 is 1.06 bits per heavy atom. The van der Waals surface area contributed by atoms with E-state index < -0.39 is 10.0 Å². The minimum Gasteiger partial charge on any atom is -0.379 e. The number of rotatable bonds is 10. The molecule has 9 heteroatoms. The van der Waals surface area contributed by atoms with Crippen LogP contribution < -0.4 is 10.0 Å². The molecular formula is C24H30N4O4S. The molecule has 1 aliphatic heterocycles. The normalized spacial score (nSPS) is 15.0. The second-order valence-electron chi connectivity index (χ2n) is 8.14. The van der Waals surface area contributed by atoms with Crippen LogP contribution in [0.3, 0.4) is 0 Å². The second-order valence-corrected chi connectivity index (χ2v) is 9.90. The van der Waals surface area contributed by atoms with Crippen LogP contribution in [0.5, 0.6) is 0 Å². The van der Waals surface area contributed by atoms with Crippen molar-refractivity contribution in [3.63, 3.8) is 0 Å². The molecule has 0 aliphatic carbocycles. The first-order valence-electron chi connectivity index (χ1n) is 11.3. The molecule has 1 saturated heterocycles. The summed E-state index contributed by atoms with van der Waals surface area (Å²) < 4.78 is 33.0. The van der Waals surface area contributed by atoms with Crippen LogP contribution in [0.15, 0.2) is 59.6 Å². The lowest BCUT2D eigenvalue weighted by Crippen LogP contribution is -2.38. The number of carbonyl (C=O) groups excluding carboxylic acids is 1. The maximum atomic E-state index is 12.5. The van der Waals surface area contributed by atoms with E-state index in [1.165, 1.54) is 12.1 Å². The number of para-hydroxylation sites is 1. The van der Waals surface area contributed by atoms with E-state index in [2.05, 4.69) is 19.9 Å². The molecule has 0 saturated carbocycles. The molecule has 3 N–H and O–H groups in total. The average Bonchev–Trinajstić information content (AvgIpc) is 3.25. The van der Waals surface area contributed by atoms with Crippen LogP contribution in [0.2, 0.25) is 0 Å². The van der Waals surface area contributed by atoms with Crippen LogP contribution in [0.4, 0.5) is 5.69 Å². The highest BCUT2D eigenvalue weighted by Crippen LogP contribution is 2.19. The maximum Gasteiger partial charge on any atom is 0.240 e. The van der Waals surface area contributed by atoms with Gasteiger partial charge in [-0.15, -0.1) is 0 Å². The summed E-state index contributed by atoms with van der Waals surface area (Å²) in [7, 11) is -3.58. The number of carbonyl (C=O) groups is 1. The molecule has 0 unspecified atom stereocenters. The standard InChI is InChI=1S/C24H30N4O4S/c29-24(11-6-19-18-25-23-5-2-1-4-22(19)23)27-20-7-9-21(10-8-20)33(30,31)26-12-3-13-28-14-16-32-17-15-28/h1-2,4-5,7-10,18,25-26H,3,6,11-17H2,(H,27,29). The molecule has 33 heavy (non-hydrogen) atoms. The van der Waals surface area contributed by atoms with E-state index in [4.69, 9.17) is 4.74 Å². The zero-order valence-corrected chi connectivity index (χ0v) is 19.4. The van der Waals surface area contributed by atoms with E-state index in [-0.39, 0.29) is 10.8 Å². The molecule has 1 aromatic heterocycles. The van der Waals surface area contributed by atoms with Gasteiger partial charge < -0.3 is 15.0 Å². The number of fused-ring (bicyclic) bond motifs is 1. The van der Waals surface area contributed by atoms with Gasteiger partial charge in [-0.05, 0) is 55.3 Å². The highest BCUT2D eigenvalue weighted by molar-refractivity contribution is 7.89. The lowest BCUT2D eigenvalue weighted by molar-refractivity contribution is -0.116. The van der Waals surface area contributed by atoms with Crippen LogP contribution in [-0.2, 0) is 26.0 Å². The number of amides is 1. The molecule has 176 valence electrons. The van der Waals surface area contributed by atoms with Crippen molar-refractivity contribution in [1.82, 2.24) is 14.6 Å². The quantitative estimate of drug-likeness (QED) is 0.396. The van der Waals surface area contributed by atoms with E-state index in [1.807, 2.05) is 30.5 Å². The SMILES string of the molecule is O=C(CCc1c[nH]c2ccccc12)Nc1ccc(S(=O)(=O)NCCCN2CCOCC2)cc1. The van der Waals surface area contributed by atoms with Gasteiger partial charge in [0, 0.05) is 48.8 Å². The molecule has 4 rings (SSSR count). The third-order valence-corrected chi connectivity index (χ3v) is 7.27. The molecule has 2 aromatic carbocycles. The largest absolute Gasteiger partial charge is 0.379 e. The van der Waals surface area contributed by atoms with E-state index in [0.717, 1.165) is 55.7 Å². The topological polar surface area (TPSA) is 104 Å². The predicted octanol–water partition coefficient (Wildman–Crippen LogP) is 2.74. The summed E-state index contributed by atoms with van der Waals surface area (Å²) in [5.74, 6) is -0.114. The summed E-state index contributed by atoms with van der Waals surface area (Å²) >= 11 is 0. The van der Waals surface area contributed by atoms with Crippen molar-refractivity contribution >= 4 is 32.5 Å². The number of aromatic nitrogens is 1. The molecule has 1 amide bonds. The van der Waals surface area contributed by atoms with Gasteiger partial charge in [0.15, 0.2) is 0 Å². The van der Waals surface area contributed by atoms with Gasteiger partial charge >= 0.3 is 0 Å². The Kier molecular flexibility index (Phi) is 7.77. The Morgan fingerprint density at radius 2 is 1.82 bits per heavy atom. The number of H-pyrrole nitrogens is 1. The smallest absolute Gasteiger partial charge is 0.240 e. The van der Waals surface area contributed by atoms with Crippen LogP contribution >= 0.6 is 0 Å². The van der Waals surface area contributed by atoms with Crippen LogP contribution in [0.1, 0.15) is 18.4 Å². The summed E-state index contributed by atoms with van der Waals surface area (Å²) in [5, 5.41) is 3.96. The number of sulfonamides is 1. The fraction of sp³-hybridized carbons (Fsp3) is 0.375. The summed E-state index contributed by atoms with van der Waals surface area (Å²) in [5.41, 5.74) is 2.73. The molecule has 1 aliphatic rings. The van der Waals surface area contributed by atoms with E-state index in [1.54, 1.807) is 12.1 Å². The fourth-order valence-corrected chi connectivity index (χ4v) is 5.02. The van der Waals surface area contributed by atoms with Crippen molar-refractivity contribution in [3.8, 4) is 0 Å². The van der Waals surface area contributed by atoms with Gasteiger partial charge in [0.2, 0.25) is 15.9 Å². The molecule has 0 radical (unpaired) electrons. The molecule has 2 heterocycles. The number of morpholine rings is 1. The second kappa shape index (κ2) is 10.9. The summed E-state index contributed by atoms with van der Waals surface area (Å²) in [6.45, 7) is 4.47. The number of nitrogens with one attached hydrogen (secondary N) is 3. The maximum absolute atomic E-state index is 12.5. The Balaban J connectivity index is 1.23. The number of benzene rings is 2. The van der Waals surface area contributed by atoms with E-state index in [9.17, 15) is 13.2 Å². The summed E-state index contributed by atoms with van der Waals surface area (Å²) in [4.78, 5) is 18.0. The first-order valence-corrected chi connectivity index (χ1v) is 12.7. The summed E-state index contributed by atoms with van der Waals surface area (Å²) in [6, 6.07) is 14.3. The predicted molar refractivity (Wildman–Crippen MR) is 129 cm³/mol. The Labute approximate surface area is 194 Å². The highest BCUT2D eigenvalue weighted by atomic mass is 32.2. The monoisotopic (exact) mass is 470 g/mol. The van der Waals surface area contributed by atoms with E-state index in [0.29, 0.717) is 25.1 Å². The Morgan fingerprint density at radius 3 is 2.61 bits per heavy atom. The number of ether oxygens (including phenoxy) is 1. The van der Waals surface area contributed by atoms with Crippen molar-refractivity contribution in [2.45, 2.75) is 24.2 Å². The summed E-state index contributed by atoms with van der Waals surface area (Å²) in [6.07, 6.45) is 3.64. The van der Waals surface area contributed by atoms with Gasteiger partial charge in [0.05, 0.1) is 18.1 Å². The number of aromatic amines is 1. The highest BCUT2D eigenvalue weighted by Gasteiger charge is 2.15. The van der Waals surface area contributed by atoms with Crippen molar-refractivity contribution in [1.29, 1.82) is 0 Å². The minimum absolute atomic E-state index is 0.114. The fourth-order valence-electron chi connectivity index (χ4n) is 3.94. The molecule has 0 bridgehead atoms. The first kappa shape index (κ1) is 23.4. The van der Waals surface area contributed by atoms with Crippen LogP contribution in [0.25, 0.3) is 10.9 Å².